The number of carbonyl (C=O) groups is 2. The van der Waals surface area contributed by atoms with Crippen molar-refractivity contribution >= 4 is 12.1 Å². The Hall–Kier alpha value is -2.23. The molecule has 1 saturated heterocycles. The molecule has 1 amide bonds. The number of esters is 1. The van der Waals surface area contributed by atoms with Crippen LogP contribution in [0.3, 0.4) is 0 Å². The van der Waals surface area contributed by atoms with Crippen LogP contribution in [0.2, 0.25) is 0 Å². The lowest BCUT2D eigenvalue weighted by molar-refractivity contribution is -0.148. The van der Waals surface area contributed by atoms with Gasteiger partial charge in [-0.1, -0.05) is 11.6 Å². The molecule has 150 valence electrons. The maximum Gasteiger partial charge on any atom is 0.404 e. The predicted molar refractivity (Wildman–Crippen MR) is 94.3 cm³/mol. The molecule has 2 aliphatic rings. The molecule has 2 heterocycles. The minimum absolute atomic E-state index is 0.0911. The second kappa shape index (κ2) is 9.63. The quantitative estimate of drug-likeness (QED) is 0.437. The lowest BCUT2D eigenvalue weighted by Gasteiger charge is -2.42. The van der Waals surface area contributed by atoms with Gasteiger partial charge in [-0.15, -0.1) is 10.2 Å². The summed E-state index contributed by atoms with van der Waals surface area (Å²) in [6.07, 6.45) is 4.99. The Morgan fingerprint density at radius 3 is 2.85 bits per heavy atom. The summed E-state index contributed by atoms with van der Waals surface area (Å²) in [5.74, 6) is 1.53. The number of fused-ring (bicyclic) bond motifs is 1. The van der Waals surface area contributed by atoms with Gasteiger partial charge in [0.2, 0.25) is 0 Å². The van der Waals surface area contributed by atoms with Gasteiger partial charge in [-0.2, -0.15) is 5.21 Å². The maximum absolute atomic E-state index is 12.4. The average Bonchev–Trinajstić information content (AvgIpc) is 3.19. The lowest BCUT2D eigenvalue weighted by atomic mass is 9.69. The van der Waals surface area contributed by atoms with Crippen molar-refractivity contribution in [1.29, 1.82) is 0 Å². The van der Waals surface area contributed by atoms with E-state index in [9.17, 15) is 9.59 Å². The normalized spacial score (nSPS) is 30.8. The molecule has 4 N–H and O–H groups in total. The summed E-state index contributed by atoms with van der Waals surface area (Å²) in [5, 5.41) is 17.1. The highest BCUT2D eigenvalue weighted by molar-refractivity contribution is 5.76. The number of H-pyrrole nitrogens is 1. The van der Waals surface area contributed by atoms with Crippen molar-refractivity contribution in [2.24, 2.45) is 23.5 Å². The van der Waals surface area contributed by atoms with E-state index in [4.69, 9.17) is 11.8 Å². The number of nitrogens with zero attached hydrogens (tertiary/aromatic N) is 3. The van der Waals surface area contributed by atoms with E-state index >= 15 is 0 Å². The Kier molecular flexibility index (Phi) is 6.47. The van der Waals surface area contributed by atoms with E-state index in [-0.39, 0.29) is 13.2 Å². The van der Waals surface area contributed by atoms with Crippen molar-refractivity contribution in [3.63, 3.8) is 0 Å². The van der Waals surface area contributed by atoms with Crippen LogP contribution in [0.15, 0.2) is 0 Å². The topological polar surface area (TPSA) is 145 Å². The van der Waals surface area contributed by atoms with Crippen LogP contribution in [0.25, 0.3) is 0 Å². The van der Waals surface area contributed by atoms with Gasteiger partial charge in [0.15, 0.2) is 5.82 Å². The number of nitrogens with one attached hydrogen (secondary N) is 2. The van der Waals surface area contributed by atoms with Gasteiger partial charge < -0.3 is 20.5 Å². The molecule has 1 saturated carbocycles. The Labute approximate surface area is 159 Å². The van der Waals surface area contributed by atoms with Crippen LogP contribution < -0.4 is 11.1 Å². The van der Waals surface area contributed by atoms with Gasteiger partial charge in [-0.25, -0.2) is 4.79 Å². The first-order valence-electron chi connectivity index (χ1n) is 10.0. The van der Waals surface area contributed by atoms with E-state index in [1.165, 1.54) is 0 Å². The monoisotopic (exact) mass is 381 g/mol. The summed E-state index contributed by atoms with van der Waals surface area (Å²) in [6.45, 7) is 0.843. The van der Waals surface area contributed by atoms with Crippen LogP contribution >= 0.6 is 0 Å². The third-order valence-corrected chi connectivity index (χ3v) is 5.47. The molecule has 1 aromatic heterocycles. The zero-order chi connectivity index (χ0) is 20.0. The van der Waals surface area contributed by atoms with Gasteiger partial charge in [0, 0.05) is 12.8 Å². The molecule has 4 atom stereocenters. The molecule has 0 unspecified atom stereocenters. The molecule has 27 heavy (non-hydrogen) atoms. The van der Waals surface area contributed by atoms with Gasteiger partial charge in [-0.3, -0.25) is 4.79 Å². The van der Waals surface area contributed by atoms with E-state index in [1.54, 1.807) is 0 Å². The zero-order valence-electron chi connectivity index (χ0n) is 16.4. The number of hydrogen-bond acceptors (Lipinski definition) is 8. The highest BCUT2D eigenvalue weighted by atomic mass is 16.6. The van der Waals surface area contributed by atoms with Gasteiger partial charge in [0.1, 0.15) is 6.02 Å². The molecule has 0 radical (unpaired) electrons. The molecule has 0 bridgehead atoms. The number of hydrogen-bond donors (Lipinski definition) is 3. The molecule has 10 nitrogen and oxygen atoms in total. The predicted octanol–water partition coefficient (Wildman–Crippen LogP) is 0.555. The maximum atomic E-state index is 12.4. The number of amides is 1. The molecule has 1 aliphatic heterocycles. The number of ether oxygens (including phenoxy) is 2. The van der Waals surface area contributed by atoms with E-state index in [2.05, 4.69) is 30.7 Å². The molecule has 0 spiro atoms. The van der Waals surface area contributed by atoms with Crippen LogP contribution in [0.1, 0.15) is 45.7 Å². The number of nitrogens with two attached hydrogens (primary N) is 1. The molecule has 3 rings (SSSR count). The zero-order valence-corrected chi connectivity index (χ0v) is 15.4. The summed E-state index contributed by atoms with van der Waals surface area (Å²) in [7, 11) is 0. The fourth-order valence-corrected chi connectivity index (χ4v) is 4.05. The largest absolute Gasteiger partial charge is 0.464 e. The van der Waals surface area contributed by atoms with Crippen molar-refractivity contribution in [3.05, 3.63) is 5.82 Å². The second-order valence-corrected chi connectivity index (χ2v) is 7.29. The van der Waals surface area contributed by atoms with Crippen molar-refractivity contribution in [1.82, 2.24) is 25.9 Å². The van der Waals surface area contributed by atoms with Crippen LogP contribution in [0.4, 0.5) is 4.79 Å². The van der Waals surface area contributed by atoms with Crippen molar-refractivity contribution in [3.8, 4) is 0 Å². The number of aryl methyl sites for hydroxylation is 1. The first-order chi connectivity index (χ1) is 13.5. The number of carbonyl (C=O) groups excluding carboxylic acids is 2. The Morgan fingerprint density at radius 1 is 1.22 bits per heavy atom. The average molecular weight is 381 g/mol. The van der Waals surface area contributed by atoms with Gasteiger partial charge >= 0.3 is 12.1 Å². The summed E-state index contributed by atoms with van der Waals surface area (Å²) in [4.78, 5) is 22.9. The Bertz CT molecular complexity index is 660. The smallest absolute Gasteiger partial charge is 0.404 e. The summed E-state index contributed by atoms with van der Waals surface area (Å²) < 4.78 is 18.4. The Balaban J connectivity index is 1.44. The van der Waals surface area contributed by atoms with Crippen LogP contribution in [-0.4, -0.2) is 58.5 Å². The molecule has 0 aromatic carbocycles. The summed E-state index contributed by atoms with van der Waals surface area (Å²) >= 11 is 0. The van der Waals surface area contributed by atoms with Crippen molar-refractivity contribution < 1.29 is 20.4 Å². The standard InChI is InChI=1S/C17H28N6O4/c18-17(25)27-7-1-6-26-16(24)14-9-13-8-11(2-4-12(13)10-19-14)3-5-15-20-22-23-21-15/h11-14,19H,1-10H2,(H2,18,25)(H,20,21,22,23)/t11-,12+,13-,14+/m1/s1/i14D. The Morgan fingerprint density at radius 2 is 2.07 bits per heavy atom. The molecule has 2 fully saturated rings. The number of aromatic nitrogens is 4. The fraction of sp³-hybridized carbons (Fsp3) is 0.824. The SMILES string of the molecule is [2H][C@@]1(C(=O)OCCCOC(N)=O)C[C@H]2C[C@@H](CCc3nn[nH]n3)CC[C@H]2CN1. The highest BCUT2D eigenvalue weighted by Crippen LogP contribution is 2.40. The number of aromatic amines is 1. The molecule has 1 aromatic rings. The van der Waals surface area contributed by atoms with E-state index in [0.717, 1.165) is 37.9 Å². The van der Waals surface area contributed by atoms with Gasteiger partial charge in [0.05, 0.1) is 14.6 Å². The molecular formula is C17H28N6O4. The summed E-state index contributed by atoms with van der Waals surface area (Å²) in [6, 6.07) is -1.42. The summed E-state index contributed by atoms with van der Waals surface area (Å²) in [5.41, 5.74) is 4.87. The number of tetrazole rings is 1. The first-order valence-corrected chi connectivity index (χ1v) is 9.53. The van der Waals surface area contributed by atoms with Crippen molar-refractivity contribution in [2.75, 3.05) is 19.8 Å². The fourth-order valence-electron chi connectivity index (χ4n) is 4.05. The number of rotatable bonds is 8. The number of piperidine rings is 1. The van der Waals surface area contributed by atoms with Crippen LogP contribution in [-0.2, 0) is 20.7 Å². The van der Waals surface area contributed by atoms with Gasteiger partial charge in [-0.05, 0) is 50.0 Å². The minimum Gasteiger partial charge on any atom is -0.464 e. The van der Waals surface area contributed by atoms with E-state index in [1.807, 2.05) is 0 Å². The van der Waals surface area contributed by atoms with E-state index in [0.29, 0.717) is 37.1 Å². The van der Waals surface area contributed by atoms with Crippen LogP contribution in [0.5, 0.6) is 0 Å². The first kappa shape index (κ1) is 18.1. The molecular weight excluding hydrogens is 352 g/mol. The minimum atomic E-state index is -1.42. The van der Waals surface area contributed by atoms with Crippen LogP contribution in [0, 0.1) is 17.8 Å². The highest BCUT2D eigenvalue weighted by Gasteiger charge is 2.38. The molecule has 1 aliphatic carbocycles. The lowest BCUT2D eigenvalue weighted by Crippen LogP contribution is -2.50. The third kappa shape index (κ3) is 5.88. The van der Waals surface area contributed by atoms with E-state index < -0.39 is 18.1 Å². The molecule has 10 heteroatoms. The number of primary amides is 1. The van der Waals surface area contributed by atoms with Gasteiger partial charge in [0.25, 0.3) is 0 Å². The second-order valence-electron chi connectivity index (χ2n) is 7.29. The third-order valence-electron chi connectivity index (χ3n) is 5.47. The van der Waals surface area contributed by atoms with Crippen molar-refractivity contribution in [2.45, 2.75) is 51.0 Å².